The molecule has 0 atom stereocenters. The number of nitrogens with zero attached hydrogens (tertiary/aromatic N) is 2. The number of rotatable bonds is 2. The number of halogens is 2. The third-order valence-corrected chi connectivity index (χ3v) is 3.99. The van der Waals surface area contributed by atoms with Gasteiger partial charge in [0.25, 0.3) is 5.91 Å². The summed E-state index contributed by atoms with van der Waals surface area (Å²) in [5.74, 6) is -0.379. The molecule has 0 aliphatic heterocycles. The molecular weight excluding hydrogens is 353 g/mol. The number of carbonyl (C=O) groups excluding carboxylic acids is 2. The third kappa shape index (κ3) is 2.93. The minimum Gasteiger partial charge on any atom is -0.453 e. The van der Waals surface area contributed by atoms with E-state index in [4.69, 9.17) is 23.2 Å². The summed E-state index contributed by atoms with van der Waals surface area (Å²) in [6.07, 6.45) is 4.22. The van der Waals surface area contributed by atoms with Crippen molar-refractivity contribution in [2.45, 2.75) is 0 Å². The predicted octanol–water partition coefficient (Wildman–Crippen LogP) is 4.21. The van der Waals surface area contributed by atoms with Crippen LogP contribution in [0.1, 0.15) is 10.4 Å². The topological polar surface area (TPSA) is 73.2 Å². The van der Waals surface area contributed by atoms with E-state index in [-0.39, 0.29) is 21.5 Å². The van der Waals surface area contributed by atoms with Crippen LogP contribution in [0.3, 0.4) is 0 Å². The number of fused-ring (bicyclic) bond motifs is 1. The fraction of sp³-hybridized carbons (Fsp3) is 0.0625. The molecule has 0 aliphatic rings. The Hall–Kier alpha value is -2.57. The quantitative estimate of drug-likeness (QED) is 0.739. The molecule has 0 radical (unpaired) electrons. The zero-order chi connectivity index (χ0) is 17.3. The fourth-order valence-corrected chi connectivity index (χ4v) is 2.95. The van der Waals surface area contributed by atoms with Gasteiger partial charge in [-0.25, -0.2) is 4.79 Å². The molecule has 6 nitrogen and oxygen atoms in total. The molecule has 0 bridgehead atoms. The zero-order valence-corrected chi connectivity index (χ0v) is 13.9. The van der Waals surface area contributed by atoms with Gasteiger partial charge in [0.05, 0.1) is 28.2 Å². The van der Waals surface area contributed by atoms with Crippen LogP contribution in [0.5, 0.6) is 0 Å². The second-order valence-electron chi connectivity index (χ2n) is 4.86. The number of amides is 1. The maximum Gasteiger partial charge on any atom is 0.411 e. The molecule has 2 heterocycles. The van der Waals surface area contributed by atoms with E-state index in [9.17, 15) is 9.59 Å². The van der Waals surface area contributed by atoms with Gasteiger partial charge in [0, 0.05) is 29.7 Å². The second-order valence-corrected chi connectivity index (χ2v) is 5.67. The smallest absolute Gasteiger partial charge is 0.411 e. The van der Waals surface area contributed by atoms with Crippen LogP contribution in [-0.2, 0) is 4.74 Å². The minimum atomic E-state index is -0.662. The fourth-order valence-electron chi connectivity index (χ4n) is 2.30. The van der Waals surface area contributed by atoms with Crippen molar-refractivity contribution < 1.29 is 14.3 Å². The highest BCUT2D eigenvalue weighted by molar-refractivity contribution is 6.40. The Bertz CT molecular complexity index is 930. The lowest BCUT2D eigenvalue weighted by atomic mass is 10.2. The van der Waals surface area contributed by atoms with E-state index >= 15 is 0 Å². The summed E-state index contributed by atoms with van der Waals surface area (Å²) in [5, 5.41) is 3.51. The Labute approximate surface area is 146 Å². The van der Waals surface area contributed by atoms with Crippen LogP contribution in [0.2, 0.25) is 10.0 Å². The maximum absolute atomic E-state index is 12.8. The highest BCUT2D eigenvalue weighted by Gasteiger charge is 2.20. The first-order valence-electron chi connectivity index (χ1n) is 6.81. The average molecular weight is 364 g/mol. The number of pyridine rings is 1. The summed E-state index contributed by atoms with van der Waals surface area (Å²) >= 11 is 12.4. The Kier molecular flexibility index (Phi) is 4.42. The van der Waals surface area contributed by atoms with Gasteiger partial charge >= 0.3 is 6.09 Å². The first kappa shape index (κ1) is 16.3. The molecule has 2 aromatic heterocycles. The number of nitrogens with one attached hydrogen (secondary N) is 1. The van der Waals surface area contributed by atoms with Crippen molar-refractivity contribution in [1.82, 2.24) is 9.55 Å². The summed E-state index contributed by atoms with van der Waals surface area (Å²) in [5.41, 5.74) is 1.16. The Balaban J connectivity index is 2.03. The van der Waals surface area contributed by atoms with Crippen LogP contribution in [0.4, 0.5) is 10.5 Å². The number of carbonyl (C=O) groups is 2. The largest absolute Gasteiger partial charge is 0.453 e. The molecule has 24 heavy (non-hydrogen) atoms. The summed E-state index contributed by atoms with van der Waals surface area (Å²) in [4.78, 5) is 28.1. The molecule has 1 N–H and O–H groups in total. The highest BCUT2D eigenvalue weighted by Crippen LogP contribution is 2.31. The van der Waals surface area contributed by atoms with Gasteiger partial charge in [-0.3, -0.25) is 19.7 Å². The Morgan fingerprint density at radius 3 is 2.58 bits per heavy atom. The first-order valence-corrected chi connectivity index (χ1v) is 7.56. The van der Waals surface area contributed by atoms with Crippen LogP contribution >= 0.6 is 23.2 Å². The molecule has 0 fully saturated rings. The van der Waals surface area contributed by atoms with Gasteiger partial charge in [-0.15, -0.1) is 0 Å². The van der Waals surface area contributed by atoms with E-state index in [0.717, 1.165) is 5.39 Å². The summed E-state index contributed by atoms with van der Waals surface area (Å²) in [6.45, 7) is 0. The molecule has 3 rings (SSSR count). The van der Waals surface area contributed by atoms with Gasteiger partial charge in [-0.1, -0.05) is 23.2 Å². The van der Waals surface area contributed by atoms with Gasteiger partial charge in [0.15, 0.2) is 0 Å². The van der Waals surface area contributed by atoms with Gasteiger partial charge in [0.1, 0.15) is 0 Å². The van der Waals surface area contributed by atoms with Crippen molar-refractivity contribution in [3.8, 4) is 0 Å². The summed E-state index contributed by atoms with van der Waals surface area (Å²) in [6, 6.07) is 6.37. The molecule has 8 heteroatoms. The van der Waals surface area contributed by atoms with Crippen LogP contribution in [-0.4, -0.2) is 28.7 Å². The SMILES string of the molecule is COC(=O)Nc1cc(Cl)c(C(=O)n2ccc3cnccc32)c(Cl)c1. The lowest BCUT2D eigenvalue weighted by molar-refractivity contribution is 0.0965. The number of benzene rings is 1. The lowest BCUT2D eigenvalue weighted by Gasteiger charge is -2.11. The van der Waals surface area contributed by atoms with E-state index in [1.807, 2.05) is 0 Å². The summed E-state index contributed by atoms with van der Waals surface area (Å²) < 4.78 is 5.95. The van der Waals surface area contributed by atoms with Crippen LogP contribution in [0.15, 0.2) is 42.9 Å². The summed E-state index contributed by atoms with van der Waals surface area (Å²) in [7, 11) is 1.24. The van der Waals surface area contributed by atoms with Crippen molar-refractivity contribution in [3.05, 3.63) is 58.5 Å². The number of hydrogen-bond donors (Lipinski definition) is 1. The van der Waals surface area contributed by atoms with E-state index in [2.05, 4.69) is 15.0 Å². The van der Waals surface area contributed by atoms with E-state index in [0.29, 0.717) is 11.2 Å². The highest BCUT2D eigenvalue weighted by atomic mass is 35.5. The molecular formula is C16H11Cl2N3O3. The molecule has 0 spiro atoms. The molecule has 122 valence electrons. The zero-order valence-electron chi connectivity index (χ0n) is 12.4. The number of hydrogen-bond acceptors (Lipinski definition) is 4. The predicted molar refractivity (Wildman–Crippen MR) is 92.0 cm³/mol. The van der Waals surface area contributed by atoms with E-state index in [1.54, 1.807) is 30.7 Å². The molecule has 3 aromatic rings. The van der Waals surface area contributed by atoms with E-state index < -0.39 is 6.09 Å². The number of ether oxygens (including phenoxy) is 1. The van der Waals surface area contributed by atoms with Crippen molar-refractivity contribution in [2.24, 2.45) is 0 Å². The Morgan fingerprint density at radius 1 is 1.21 bits per heavy atom. The van der Waals surface area contributed by atoms with Crippen molar-refractivity contribution in [1.29, 1.82) is 0 Å². The monoisotopic (exact) mass is 363 g/mol. The van der Waals surface area contributed by atoms with Crippen molar-refractivity contribution >= 4 is 51.8 Å². The normalized spacial score (nSPS) is 10.6. The Morgan fingerprint density at radius 2 is 1.92 bits per heavy atom. The number of anilines is 1. The van der Waals surface area contributed by atoms with Crippen molar-refractivity contribution in [2.75, 3.05) is 12.4 Å². The molecule has 0 aliphatic carbocycles. The minimum absolute atomic E-state index is 0.120. The molecule has 0 saturated carbocycles. The molecule has 1 amide bonds. The average Bonchev–Trinajstić information content (AvgIpc) is 2.98. The molecule has 0 unspecified atom stereocenters. The van der Waals surface area contributed by atoms with Crippen LogP contribution < -0.4 is 5.32 Å². The van der Waals surface area contributed by atoms with Gasteiger partial charge in [-0.05, 0) is 24.3 Å². The third-order valence-electron chi connectivity index (χ3n) is 3.40. The number of methoxy groups -OCH3 is 1. The molecule has 0 saturated heterocycles. The van der Waals surface area contributed by atoms with Crippen LogP contribution in [0.25, 0.3) is 10.9 Å². The van der Waals surface area contributed by atoms with Gasteiger partial charge < -0.3 is 4.74 Å². The first-order chi connectivity index (χ1) is 11.5. The van der Waals surface area contributed by atoms with Crippen molar-refractivity contribution in [3.63, 3.8) is 0 Å². The van der Waals surface area contributed by atoms with Crippen LogP contribution in [0, 0.1) is 0 Å². The van der Waals surface area contributed by atoms with Gasteiger partial charge in [-0.2, -0.15) is 0 Å². The number of aromatic nitrogens is 2. The van der Waals surface area contributed by atoms with E-state index in [1.165, 1.54) is 23.8 Å². The molecule has 1 aromatic carbocycles. The lowest BCUT2D eigenvalue weighted by Crippen LogP contribution is -2.14. The maximum atomic E-state index is 12.8. The van der Waals surface area contributed by atoms with Gasteiger partial charge in [0.2, 0.25) is 0 Å². The standard InChI is InChI=1S/C16H11Cl2N3O3/c1-24-16(23)20-10-6-11(17)14(12(18)7-10)15(22)21-5-3-9-8-19-4-2-13(9)21/h2-8H,1H3,(H,20,23). The second kappa shape index (κ2) is 6.51.